The Morgan fingerprint density at radius 2 is 1.52 bits per heavy atom. The highest BCUT2D eigenvalue weighted by Crippen LogP contribution is 2.97. The van der Waals surface area contributed by atoms with Gasteiger partial charge in [-0.2, -0.15) is 5.26 Å². The van der Waals surface area contributed by atoms with E-state index in [2.05, 4.69) is 6.07 Å². The van der Waals surface area contributed by atoms with Gasteiger partial charge in [-0.15, -0.1) is 0 Å². The summed E-state index contributed by atoms with van der Waals surface area (Å²) in [7, 11) is 0. The maximum Gasteiger partial charge on any atom is 0.352 e. The molecule has 0 N–H and O–H groups in total. The fraction of sp³-hybridized carbons (Fsp3) is 0.471. The van der Waals surface area contributed by atoms with Crippen LogP contribution in [0.2, 0.25) is 0 Å². The van der Waals surface area contributed by atoms with Crippen LogP contribution in [-0.2, 0) is 0 Å². The topological polar surface area (TPSA) is 72.7 Å². The van der Waals surface area contributed by atoms with Crippen LogP contribution >= 0.6 is 0 Å². The predicted octanol–water partition coefficient (Wildman–Crippen LogP) is 0.542. The molecule has 6 aliphatic rings. The Morgan fingerprint density at radius 1 is 0.913 bits per heavy atom. The van der Waals surface area contributed by atoms with Crippen molar-refractivity contribution in [2.75, 3.05) is 0 Å². The third-order valence-electron chi connectivity index (χ3n) is 7.62. The van der Waals surface area contributed by atoms with E-state index in [-0.39, 0.29) is 28.9 Å². The lowest BCUT2D eigenvalue weighted by Gasteiger charge is -2.94. The lowest BCUT2D eigenvalue weighted by Crippen LogP contribution is -2.96. The molecule has 4 fully saturated rings. The van der Waals surface area contributed by atoms with E-state index in [0.717, 1.165) is 0 Å². The molecule has 1 aromatic heterocycles. The molecule has 2 bridgehead atoms. The van der Waals surface area contributed by atoms with Crippen LogP contribution in [0.5, 0.6) is 0 Å². The van der Waals surface area contributed by atoms with Gasteiger partial charge >= 0.3 is 11.4 Å². The van der Waals surface area contributed by atoms with Crippen molar-refractivity contribution in [1.82, 2.24) is 13.9 Å². The standard InChI is InChI=1S/C17H12N4O2/c18-6-17-10-8-11(17)14-12(17)9(10)13(8)20-15(22)19(16(23)21(14)20)7-4-2-1-3-5-7/h1-5,8-14H/t8-,9-,10?,11-,12+,13?,14?,17?/m1/s1. The highest BCUT2D eigenvalue weighted by Gasteiger charge is 2.98. The second kappa shape index (κ2) is 2.82. The Labute approximate surface area is 130 Å². The van der Waals surface area contributed by atoms with Gasteiger partial charge in [-0.05, 0) is 29.9 Å². The molecule has 4 saturated carbocycles. The van der Waals surface area contributed by atoms with E-state index >= 15 is 0 Å². The quantitative estimate of drug-likeness (QED) is 0.772. The van der Waals surface area contributed by atoms with E-state index in [4.69, 9.17) is 0 Å². The molecule has 0 amide bonds. The third kappa shape index (κ3) is 0.724. The first-order valence-corrected chi connectivity index (χ1v) is 8.16. The van der Waals surface area contributed by atoms with Gasteiger partial charge in [-0.25, -0.2) is 23.5 Å². The molecule has 8 rings (SSSR count). The van der Waals surface area contributed by atoms with Crippen molar-refractivity contribution in [2.45, 2.75) is 12.1 Å². The number of aromatic nitrogens is 3. The minimum atomic E-state index is -0.241. The molecular weight excluding hydrogens is 292 g/mol. The summed E-state index contributed by atoms with van der Waals surface area (Å²) >= 11 is 0. The van der Waals surface area contributed by atoms with Gasteiger partial charge in [-0.3, -0.25) is 0 Å². The molecule has 4 unspecified atom stereocenters. The van der Waals surface area contributed by atoms with Gasteiger partial charge in [0, 0.05) is 11.8 Å². The second-order valence-corrected chi connectivity index (χ2v) is 7.68. The number of nitrogens with zero attached hydrogens (tertiary/aromatic N) is 4. The smallest absolute Gasteiger partial charge is 0.245 e. The number of nitriles is 1. The number of hydrogen-bond donors (Lipinski definition) is 0. The van der Waals surface area contributed by atoms with E-state index < -0.39 is 0 Å². The predicted molar refractivity (Wildman–Crippen MR) is 77.9 cm³/mol. The summed E-state index contributed by atoms with van der Waals surface area (Å²) in [5.41, 5.74) is 0.0235. The molecule has 4 aliphatic carbocycles. The fourth-order valence-electron chi connectivity index (χ4n) is 7.16. The summed E-state index contributed by atoms with van der Waals surface area (Å²) < 4.78 is 4.70. The van der Waals surface area contributed by atoms with Crippen molar-refractivity contribution in [3.8, 4) is 11.8 Å². The van der Waals surface area contributed by atoms with Gasteiger partial charge in [0.2, 0.25) is 0 Å². The fourth-order valence-corrected chi connectivity index (χ4v) is 7.16. The van der Waals surface area contributed by atoms with Crippen LogP contribution in [0.4, 0.5) is 0 Å². The van der Waals surface area contributed by atoms with Gasteiger partial charge in [0.05, 0.1) is 29.3 Å². The first-order chi connectivity index (χ1) is 11.2. The second-order valence-electron chi connectivity index (χ2n) is 7.68. The Kier molecular flexibility index (Phi) is 1.36. The lowest BCUT2D eigenvalue weighted by molar-refractivity contribution is -0.486. The minimum Gasteiger partial charge on any atom is -0.245 e. The molecule has 0 spiro atoms. The Morgan fingerprint density at radius 3 is 2.13 bits per heavy atom. The monoisotopic (exact) mass is 304 g/mol. The normalized spacial score (nSPS) is 48.0. The first-order valence-electron chi connectivity index (χ1n) is 8.16. The van der Waals surface area contributed by atoms with Crippen LogP contribution in [0.3, 0.4) is 0 Å². The first kappa shape index (κ1) is 11.1. The summed E-state index contributed by atoms with van der Waals surface area (Å²) in [5.74, 6) is 2.03. The number of benzene rings is 1. The summed E-state index contributed by atoms with van der Waals surface area (Å²) in [6, 6.07) is 11.9. The Bertz CT molecular complexity index is 1060. The van der Waals surface area contributed by atoms with Crippen molar-refractivity contribution in [3.63, 3.8) is 0 Å². The highest BCUT2D eigenvalue weighted by atomic mass is 16.2. The van der Waals surface area contributed by atoms with Crippen LogP contribution in [-0.4, -0.2) is 13.9 Å². The average molecular weight is 304 g/mol. The van der Waals surface area contributed by atoms with E-state index in [1.54, 1.807) is 21.5 Å². The van der Waals surface area contributed by atoms with Crippen molar-refractivity contribution < 1.29 is 0 Å². The molecule has 0 radical (unpaired) electrons. The molecule has 2 aliphatic heterocycles. The lowest BCUT2D eigenvalue weighted by atomic mass is 9.10. The summed E-state index contributed by atoms with van der Waals surface area (Å²) in [6.07, 6.45) is 0. The van der Waals surface area contributed by atoms with E-state index in [1.807, 2.05) is 18.2 Å². The number of para-hydroxylation sites is 1. The van der Waals surface area contributed by atoms with E-state index in [1.165, 1.54) is 4.57 Å². The van der Waals surface area contributed by atoms with E-state index in [0.29, 0.717) is 35.3 Å². The summed E-state index contributed by atoms with van der Waals surface area (Å²) in [6.45, 7) is 0. The van der Waals surface area contributed by atoms with Gasteiger partial charge in [0.25, 0.3) is 0 Å². The maximum atomic E-state index is 12.9. The van der Waals surface area contributed by atoms with Gasteiger partial charge in [-0.1, -0.05) is 18.2 Å². The molecule has 6 nitrogen and oxygen atoms in total. The van der Waals surface area contributed by atoms with Crippen LogP contribution in [0.25, 0.3) is 5.69 Å². The zero-order valence-electron chi connectivity index (χ0n) is 12.0. The molecule has 0 saturated heterocycles. The Balaban J connectivity index is 1.53. The van der Waals surface area contributed by atoms with Crippen molar-refractivity contribution in [1.29, 1.82) is 5.26 Å². The molecule has 2 aromatic rings. The minimum absolute atomic E-state index is 0.0739. The molecule has 23 heavy (non-hydrogen) atoms. The molecule has 8 atom stereocenters. The zero-order valence-corrected chi connectivity index (χ0v) is 12.0. The van der Waals surface area contributed by atoms with Gasteiger partial charge in [0.1, 0.15) is 0 Å². The molecule has 3 heterocycles. The summed E-state index contributed by atoms with van der Waals surface area (Å²) in [5, 5.41) is 9.58. The highest BCUT2D eigenvalue weighted by molar-refractivity contribution is 5.48. The van der Waals surface area contributed by atoms with Crippen molar-refractivity contribution in [2.24, 2.45) is 35.0 Å². The van der Waals surface area contributed by atoms with Gasteiger partial charge < -0.3 is 0 Å². The SMILES string of the molecule is N#CC12C3[C@H]4C5[C@H]3[C@@H]1C([C@H]42)n1c(=O)n(-c2ccccc2)c(=O)n15. The van der Waals surface area contributed by atoms with Crippen molar-refractivity contribution in [3.05, 3.63) is 51.3 Å². The van der Waals surface area contributed by atoms with Gasteiger partial charge in [0.15, 0.2) is 0 Å². The molecule has 1 aromatic carbocycles. The third-order valence-corrected chi connectivity index (χ3v) is 7.62. The van der Waals surface area contributed by atoms with Crippen LogP contribution in [0.15, 0.2) is 39.9 Å². The molecular formula is C17H12N4O2. The largest absolute Gasteiger partial charge is 0.352 e. The van der Waals surface area contributed by atoms with Crippen LogP contribution < -0.4 is 11.4 Å². The van der Waals surface area contributed by atoms with Crippen LogP contribution in [0, 0.1) is 46.3 Å². The number of hydrogen-bond acceptors (Lipinski definition) is 3. The average Bonchev–Trinajstić information content (AvgIpc) is 2.80. The number of rotatable bonds is 1. The Hall–Kier alpha value is -2.55. The van der Waals surface area contributed by atoms with Crippen molar-refractivity contribution >= 4 is 0 Å². The zero-order chi connectivity index (χ0) is 15.2. The summed E-state index contributed by atoms with van der Waals surface area (Å²) in [4.78, 5) is 25.8. The molecule has 112 valence electrons. The van der Waals surface area contributed by atoms with Crippen LogP contribution in [0.1, 0.15) is 12.1 Å². The molecule has 6 heteroatoms. The van der Waals surface area contributed by atoms with E-state index in [9.17, 15) is 14.9 Å². The maximum absolute atomic E-state index is 12.9.